The van der Waals surface area contributed by atoms with Crippen LogP contribution in [0.4, 0.5) is 0 Å². The summed E-state index contributed by atoms with van der Waals surface area (Å²) in [6.45, 7) is 0.985. The molecule has 0 bridgehead atoms. The van der Waals surface area contributed by atoms with E-state index in [0.717, 1.165) is 6.92 Å². The van der Waals surface area contributed by atoms with E-state index in [4.69, 9.17) is 0 Å². The zero-order valence-electron chi connectivity index (χ0n) is 8.62. The molecule has 0 aliphatic carbocycles. The first-order valence-electron chi connectivity index (χ1n) is 2.64. The Morgan fingerprint density at radius 2 is 1.27 bits per heavy atom. The number of rotatable bonds is 3. The summed E-state index contributed by atoms with van der Waals surface area (Å²) in [5, 5.41) is 21.5. The van der Waals surface area contributed by atoms with Crippen molar-refractivity contribution in [1.29, 1.82) is 0 Å². The minimum atomic E-state index is -2.08. The summed E-state index contributed by atoms with van der Waals surface area (Å²) in [5.74, 6) is -4.58. The number of nitrogens with one attached hydrogen (secondary N) is 1. The van der Waals surface area contributed by atoms with Gasteiger partial charge in [-0.05, 0) is 0 Å². The maximum absolute atomic E-state index is 10.2. The average molecular weight is 241 g/mol. The minimum absolute atomic E-state index is 0. The van der Waals surface area contributed by atoms with Crippen molar-refractivity contribution in [2.75, 3.05) is 0 Å². The molecule has 0 heterocycles. The molecule has 0 radical (unpaired) electrons. The fraction of sp³-hybridized carbons (Fsp3) is 0.400. The Kier molecular flexibility index (Phi) is 28.2. The largest absolute Gasteiger partial charge is 1.00 e. The number of amides is 1. The van der Waals surface area contributed by atoms with Crippen molar-refractivity contribution in [3.8, 4) is 0 Å². The second-order valence-electron chi connectivity index (χ2n) is 1.77. The molecule has 0 aliphatic heterocycles. The molecule has 0 spiro atoms. The molecule has 5 N–H and O–H groups in total. The normalized spacial score (nSPS) is 6.80. The van der Waals surface area contributed by atoms with Gasteiger partial charge in [-0.25, -0.2) is 0 Å². The second-order valence-corrected chi connectivity index (χ2v) is 1.77. The van der Waals surface area contributed by atoms with Crippen LogP contribution in [-0.4, -0.2) is 34.8 Å². The van der Waals surface area contributed by atoms with Crippen LogP contribution in [-0.2, 0) is 14.4 Å². The molecule has 0 atom stereocenters. The maximum atomic E-state index is 10.2. The van der Waals surface area contributed by atoms with E-state index in [1.165, 1.54) is 0 Å². The van der Waals surface area contributed by atoms with Gasteiger partial charge in [-0.3, -0.25) is 4.79 Å². The van der Waals surface area contributed by atoms with Crippen molar-refractivity contribution in [1.82, 2.24) is 5.32 Å². The summed E-state index contributed by atoms with van der Waals surface area (Å²) in [7, 11) is 0. The molecule has 1 amide bonds. The van der Waals surface area contributed by atoms with Gasteiger partial charge in [0.05, 0.1) is 11.9 Å². The Hall–Kier alpha value is 0.330. The summed E-state index contributed by atoms with van der Waals surface area (Å²) < 4.78 is 0. The van der Waals surface area contributed by atoms with Gasteiger partial charge in [-0.1, -0.05) is 0 Å². The molecule has 0 rings (SSSR count). The van der Waals surface area contributed by atoms with Gasteiger partial charge in [0.1, 0.15) is 6.04 Å². The number of hydrogen-bond acceptors (Lipinski definition) is 5. The van der Waals surface area contributed by atoms with Gasteiger partial charge >= 0.3 is 59.1 Å². The molecule has 8 nitrogen and oxygen atoms in total. The monoisotopic (exact) mass is 241 g/mol. The fourth-order valence-corrected chi connectivity index (χ4v) is 0.417. The summed E-state index contributed by atoms with van der Waals surface area (Å²) in [6.07, 6.45) is 0. The number of hydrogen-bond donors (Lipinski definition) is 1. The molecule has 15 heavy (non-hydrogen) atoms. The van der Waals surface area contributed by atoms with Gasteiger partial charge in [-0.15, -0.1) is 0 Å². The van der Waals surface area contributed by atoms with Gasteiger partial charge in [0, 0.05) is 6.92 Å². The predicted molar refractivity (Wildman–Crippen MR) is 34.8 cm³/mol. The van der Waals surface area contributed by atoms with Gasteiger partial charge in [0.25, 0.3) is 0 Å². The van der Waals surface area contributed by atoms with Gasteiger partial charge < -0.3 is 36.1 Å². The molecule has 0 aromatic heterocycles. The number of carboxylic acid groups (broad SMARTS) is 2. The fourth-order valence-electron chi connectivity index (χ4n) is 0.417. The van der Waals surface area contributed by atoms with Crippen LogP contribution in [0.3, 0.4) is 0 Å². The van der Waals surface area contributed by atoms with Gasteiger partial charge in [0.15, 0.2) is 0 Å². The van der Waals surface area contributed by atoms with Crippen LogP contribution in [0.1, 0.15) is 6.92 Å². The van der Waals surface area contributed by atoms with Crippen molar-refractivity contribution in [2.45, 2.75) is 13.0 Å². The first-order valence-corrected chi connectivity index (χ1v) is 2.64. The molecule has 0 aliphatic rings. The third-order valence-corrected chi connectivity index (χ3v) is 0.819. The number of carbonyl (C=O) groups excluding carboxylic acids is 3. The minimum Gasteiger partial charge on any atom is -0.547 e. The topological polar surface area (TPSA) is 172 Å². The van der Waals surface area contributed by atoms with E-state index in [9.17, 15) is 24.6 Å². The van der Waals surface area contributed by atoms with Crippen LogP contribution in [0.15, 0.2) is 0 Å². The van der Waals surface area contributed by atoms with E-state index < -0.39 is 23.9 Å². The first kappa shape index (κ1) is 29.5. The maximum Gasteiger partial charge on any atom is 1.00 e. The van der Waals surface area contributed by atoms with E-state index in [2.05, 4.69) is 0 Å². The Balaban J connectivity index is -0.0000000833. The third-order valence-electron chi connectivity index (χ3n) is 0.819. The van der Waals surface area contributed by atoms with Gasteiger partial charge in [0.2, 0.25) is 5.91 Å². The van der Waals surface area contributed by atoms with E-state index >= 15 is 0 Å². The molecule has 0 unspecified atom stereocenters. The molecule has 78 valence electrons. The van der Waals surface area contributed by atoms with Crippen molar-refractivity contribution in [3.05, 3.63) is 0 Å². The van der Waals surface area contributed by atoms with Gasteiger partial charge in [-0.2, -0.15) is 0 Å². The molecule has 0 fully saturated rings. The van der Waals surface area contributed by atoms with Crippen LogP contribution in [0.2, 0.25) is 0 Å². The first-order chi connectivity index (χ1) is 4.95. The predicted octanol–water partition coefficient (Wildman–Crippen LogP) is -11.7. The van der Waals surface area contributed by atoms with Crippen molar-refractivity contribution >= 4 is 17.8 Å². The van der Waals surface area contributed by atoms with E-state index in [1.54, 1.807) is 5.32 Å². The Morgan fingerprint density at radius 3 is 1.33 bits per heavy atom. The molecular weight excluding hydrogens is 232 g/mol. The van der Waals surface area contributed by atoms with E-state index in [-0.39, 0.29) is 70.1 Å². The Morgan fingerprint density at radius 1 is 1.00 bits per heavy atom. The van der Waals surface area contributed by atoms with Crippen molar-refractivity contribution in [3.63, 3.8) is 0 Å². The van der Waals surface area contributed by atoms with Crippen LogP contribution < -0.4 is 74.6 Å². The molecule has 0 saturated heterocycles. The van der Waals surface area contributed by atoms with Crippen molar-refractivity contribution in [2.24, 2.45) is 0 Å². The zero-order chi connectivity index (χ0) is 9.02. The van der Waals surface area contributed by atoms with E-state index in [1.807, 2.05) is 0 Å². The third kappa shape index (κ3) is 14.3. The van der Waals surface area contributed by atoms with Crippen molar-refractivity contribution < 1.29 is 94.7 Å². The Bertz CT molecular complexity index is 196. The molecule has 0 aromatic carbocycles. The summed E-state index contributed by atoms with van der Waals surface area (Å²) in [4.78, 5) is 30.0. The SMILES string of the molecule is CC(=O)NC(C(=O)[O-])C(=O)[O-].O.O.[Na+].[Na+]. The van der Waals surface area contributed by atoms with Crippen LogP contribution >= 0.6 is 0 Å². The summed E-state index contributed by atoms with van der Waals surface area (Å²) in [5.41, 5.74) is 0. The quantitative estimate of drug-likeness (QED) is 0.380. The molecular formula is C5H9NNa2O7. The Labute approximate surface area is 130 Å². The number of aliphatic carboxylic acids is 2. The van der Waals surface area contributed by atoms with Crippen LogP contribution in [0.5, 0.6) is 0 Å². The molecule has 10 heteroatoms. The standard InChI is InChI=1S/C5H7NO5.2Na.2H2O/c1-2(7)6-3(4(8)9)5(10)11;;;;/h3H,1H3,(H,6,7)(H,8,9)(H,10,11);;;2*1H2/q;2*+1;;/p-2. The molecule has 0 saturated carbocycles. The average Bonchev–Trinajstić information content (AvgIpc) is 1.81. The second kappa shape index (κ2) is 14.3. The summed E-state index contributed by atoms with van der Waals surface area (Å²) in [6, 6.07) is -2.08. The number of carbonyl (C=O) groups is 3. The van der Waals surface area contributed by atoms with E-state index in [0.29, 0.717) is 0 Å². The smallest absolute Gasteiger partial charge is 0.547 e. The van der Waals surface area contributed by atoms with Crippen LogP contribution in [0.25, 0.3) is 0 Å². The number of carboxylic acids is 2. The zero-order valence-corrected chi connectivity index (χ0v) is 12.6. The van der Waals surface area contributed by atoms with Crippen LogP contribution in [0, 0.1) is 0 Å². The molecule has 0 aromatic rings. The summed E-state index contributed by atoms with van der Waals surface area (Å²) >= 11 is 0.